The Kier molecular flexibility index (Phi) is 7.39. The van der Waals surface area contributed by atoms with E-state index < -0.39 is 21.9 Å². The summed E-state index contributed by atoms with van der Waals surface area (Å²) < 4.78 is 30.5. The van der Waals surface area contributed by atoms with Crippen molar-refractivity contribution in [2.24, 2.45) is 0 Å². The highest BCUT2D eigenvalue weighted by Crippen LogP contribution is 2.21. The second-order valence-corrected chi connectivity index (χ2v) is 8.49. The van der Waals surface area contributed by atoms with E-state index in [1.54, 1.807) is 38.1 Å². The molecular formula is C21H26N2O5S. The zero-order valence-corrected chi connectivity index (χ0v) is 17.9. The second kappa shape index (κ2) is 9.56. The van der Waals surface area contributed by atoms with Crippen molar-refractivity contribution in [3.8, 4) is 0 Å². The quantitative estimate of drug-likeness (QED) is 0.665. The third-order valence-electron chi connectivity index (χ3n) is 4.34. The minimum absolute atomic E-state index is 0.245. The van der Waals surface area contributed by atoms with Crippen LogP contribution in [-0.4, -0.2) is 39.7 Å². The highest BCUT2D eigenvalue weighted by atomic mass is 32.2. The molecule has 156 valence electrons. The standard InChI is InChI=1S/C21H26N2O5S/c1-5-16-8-11-18(12-9-16)23(29(4,26)27)14-20(24)22-19-13-17(10-7-15(19)3)21(25)28-6-2/h7-13H,5-6,14H2,1-4H3,(H,22,24). The van der Waals surface area contributed by atoms with Gasteiger partial charge < -0.3 is 10.1 Å². The number of rotatable bonds is 8. The summed E-state index contributed by atoms with van der Waals surface area (Å²) >= 11 is 0. The van der Waals surface area contributed by atoms with Crippen LogP contribution in [0.25, 0.3) is 0 Å². The van der Waals surface area contributed by atoms with Gasteiger partial charge in [0.2, 0.25) is 15.9 Å². The molecule has 0 saturated heterocycles. The van der Waals surface area contributed by atoms with E-state index in [4.69, 9.17) is 4.74 Å². The Morgan fingerprint density at radius 3 is 2.28 bits per heavy atom. The molecule has 7 nitrogen and oxygen atoms in total. The van der Waals surface area contributed by atoms with Crippen LogP contribution in [0.4, 0.5) is 11.4 Å². The number of nitrogens with zero attached hydrogens (tertiary/aromatic N) is 1. The average Bonchev–Trinajstić information content (AvgIpc) is 2.67. The van der Waals surface area contributed by atoms with Gasteiger partial charge in [0, 0.05) is 5.69 Å². The second-order valence-electron chi connectivity index (χ2n) is 6.59. The van der Waals surface area contributed by atoms with Crippen molar-refractivity contribution in [2.45, 2.75) is 27.2 Å². The number of hydrogen-bond acceptors (Lipinski definition) is 5. The van der Waals surface area contributed by atoms with Gasteiger partial charge in [-0.05, 0) is 55.7 Å². The Morgan fingerprint density at radius 1 is 1.07 bits per heavy atom. The van der Waals surface area contributed by atoms with Crippen LogP contribution in [0.1, 0.15) is 35.3 Å². The van der Waals surface area contributed by atoms with Crippen molar-refractivity contribution < 1.29 is 22.7 Å². The minimum atomic E-state index is -3.67. The van der Waals surface area contributed by atoms with E-state index in [2.05, 4.69) is 5.32 Å². The number of benzene rings is 2. The number of anilines is 2. The van der Waals surface area contributed by atoms with Gasteiger partial charge in [-0.2, -0.15) is 0 Å². The predicted molar refractivity (Wildman–Crippen MR) is 114 cm³/mol. The molecule has 0 aromatic heterocycles. The van der Waals surface area contributed by atoms with Gasteiger partial charge in [-0.25, -0.2) is 13.2 Å². The summed E-state index contributed by atoms with van der Waals surface area (Å²) in [6.07, 6.45) is 1.89. The molecule has 1 N–H and O–H groups in total. The summed E-state index contributed by atoms with van der Waals surface area (Å²) in [5.74, 6) is -1.00. The van der Waals surface area contributed by atoms with E-state index >= 15 is 0 Å². The fourth-order valence-corrected chi connectivity index (χ4v) is 3.57. The van der Waals surface area contributed by atoms with E-state index in [1.165, 1.54) is 6.07 Å². The summed E-state index contributed by atoms with van der Waals surface area (Å²) in [7, 11) is -3.67. The Bertz CT molecular complexity index is 985. The van der Waals surface area contributed by atoms with Crippen LogP contribution >= 0.6 is 0 Å². The first-order valence-electron chi connectivity index (χ1n) is 9.30. The highest BCUT2D eigenvalue weighted by molar-refractivity contribution is 7.92. The van der Waals surface area contributed by atoms with Gasteiger partial charge in [-0.1, -0.05) is 25.1 Å². The number of carbonyl (C=O) groups excluding carboxylic acids is 2. The van der Waals surface area contributed by atoms with Crippen LogP contribution in [-0.2, 0) is 26.0 Å². The lowest BCUT2D eigenvalue weighted by Gasteiger charge is -2.22. The summed E-state index contributed by atoms with van der Waals surface area (Å²) in [5, 5.41) is 2.69. The van der Waals surface area contributed by atoms with Crippen molar-refractivity contribution in [2.75, 3.05) is 29.0 Å². The van der Waals surface area contributed by atoms with Crippen LogP contribution in [0.3, 0.4) is 0 Å². The molecule has 1 amide bonds. The molecule has 0 aliphatic heterocycles. The molecule has 0 saturated carbocycles. The van der Waals surface area contributed by atoms with Crippen molar-refractivity contribution in [1.82, 2.24) is 0 Å². The van der Waals surface area contributed by atoms with Gasteiger partial charge in [0.15, 0.2) is 0 Å². The first kappa shape index (κ1) is 22.4. The molecule has 0 aliphatic rings. The Morgan fingerprint density at radius 2 is 1.72 bits per heavy atom. The van der Waals surface area contributed by atoms with Gasteiger partial charge in [-0.15, -0.1) is 0 Å². The molecule has 0 aliphatic carbocycles. The first-order chi connectivity index (χ1) is 13.7. The first-order valence-corrected chi connectivity index (χ1v) is 11.1. The topological polar surface area (TPSA) is 92.8 Å². The van der Waals surface area contributed by atoms with Crippen LogP contribution in [0.5, 0.6) is 0 Å². The predicted octanol–water partition coefficient (Wildman–Crippen LogP) is 3.14. The number of carbonyl (C=O) groups is 2. The lowest BCUT2D eigenvalue weighted by molar-refractivity contribution is -0.114. The van der Waals surface area contributed by atoms with E-state index in [0.29, 0.717) is 16.9 Å². The number of ether oxygens (including phenoxy) is 1. The Balaban J connectivity index is 2.22. The molecule has 2 rings (SSSR count). The SMILES string of the molecule is CCOC(=O)c1ccc(C)c(NC(=O)CN(c2ccc(CC)cc2)S(C)(=O)=O)c1. The summed E-state index contributed by atoms with van der Waals surface area (Å²) in [6.45, 7) is 5.36. The zero-order valence-electron chi connectivity index (χ0n) is 17.1. The molecule has 0 bridgehead atoms. The highest BCUT2D eigenvalue weighted by Gasteiger charge is 2.21. The third-order valence-corrected chi connectivity index (χ3v) is 5.48. The van der Waals surface area contributed by atoms with Crippen molar-refractivity contribution >= 4 is 33.3 Å². The number of nitrogens with one attached hydrogen (secondary N) is 1. The number of amides is 1. The molecule has 0 atom stereocenters. The van der Waals surface area contributed by atoms with Crippen molar-refractivity contribution in [1.29, 1.82) is 0 Å². The van der Waals surface area contributed by atoms with Crippen molar-refractivity contribution in [3.05, 3.63) is 59.2 Å². The van der Waals surface area contributed by atoms with Crippen LogP contribution in [0.2, 0.25) is 0 Å². The summed E-state index contributed by atoms with van der Waals surface area (Å²) in [6, 6.07) is 11.9. The largest absolute Gasteiger partial charge is 0.462 e. The van der Waals surface area contributed by atoms with Gasteiger partial charge in [0.1, 0.15) is 6.54 Å². The minimum Gasteiger partial charge on any atom is -0.462 e. The molecule has 0 heterocycles. The molecule has 2 aromatic rings. The van der Waals surface area contributed by atoms with E-state index in [-0.39, 0.29) is 13.2 Å². The molecular weight excluding hydrogens is 392 g/mol. The maximum absolute atomic E-state index is 12.6. The molecule has 8 heteroatoms. The van der Waals surface area contributed by atoms with E-state index in [1.807, 2.05) is 19.1 Å². The maximum atomic E-state index is 12.6. The Labute approximate surface area is 171 Å². The fourth-order valence-electron chi connectivity index (χ4n) is 2.72. The van der Waals surface area contributed by atoms with E-state index in [0.717, 1.165) is 28.1 Å². The zero-order chi connectivity index (χ0) is 21.6. The van der Waals surface area contributed by atoms with Gasteiger partial charge in [0.05, 0.1) is 24.1 Å². The van der Waals surface area contributed by atoms with Gasteiger partial charge >= 0.3 is 5.97 Å². The normalized spacial score (nSPS) is 11.0. The number of sulfonamides is 1. The fraction of sp³-hybridized carbons (Fsp3) is 0.333. The summed E-state index contributed by atoms with van der Waals surface area (Å²) in [4.78, 5) is 24.5. The number of aryl methyl sites for hydroxylation is 2. The third kappa shape index (κ3) is 6.05. The molecule has 29 heavy (non-hydrogen) atoms. The number of hydrogen-bond donors (Lipinski definition) is 1. The van der Waals surface area contributed by atoms with E-state index in [9.17, 15) is 18.0 Å². The monoisotopic (exact) mass is 418 g/mol. The number of esters is 1. The average molecular weight is 419 g/mol. The lowest BCUT2D eigenvalue weighted by Crippen LogP contribution is -2.37. The van der Waals surface area contributed by atoms with Crippen LogP contribution in [0.15, 0.2) is 42.5 Å². The lowest BCUT2D eigenvalue weighted by atomic mass is 10.1. The Hall–Kier alpha value is -2.87. The molecule has 0 radical (unpaired) electrons. The molecule has 0 unspecified atom stereocenters. The smallest absolute Gasteiger partial charge is 0.338 e. The van der Waals surface area contributed by atoms with Crippen molar-refractivity contribution in [3.63, 3.8) is 0 Å². The van der Waals surface area contributed by atoms with Gasteiger partial charge in [-0.3, -0.25) is 9.10 Å². The van der Waals surface area contributed by atoms with Crippen LogP contribution in [0, 0.1) is 6.92 Å². The molecule has 0 fully saturated rings. The summed E-state index contributed by atoms with van der Waals surface area (Å²) in [5.41, 5.74) is 2.96. The molecule has 2 aromatic carbocycles. The van der Waals surface area contributed by atoms with Crippen LogP contribution < -0.4 is 9.62 Å². The molecule has 0 spiro atoms. The maximum Gasteiger partial charge on any atom is 0.338 e. The van der Waals surface area contributed by atoms with Gasteiger partial charge in [0.25, 0.3) is 0 Å².